The fraction of sp³-hybridized carbons (Fsp3) is 0.700. The minimum Gasteiger partial charge on any atom is -0.480 e. The van der Waals surface area contributed by atoms with E-state index in [4.69, 9.17) is 15.6 Å². The fourth-order valence-electron chi connectivity index (χ4n) is 1.17. The van der Waals surface area contributed by atoms with Crippen molar-refractivity contribution in [2.24, 2.45) is 5.73 Å². The van der Waals surface area contributed by atoms with Gasteiger partial charge in [0, 0.05) is 12.2 Å². The zero-order valence-corrected chi connectivity index (χ0v) is 11.5. The van der Waals surface area contributed by atoms with Gasteiger partial charge < -0.3 is 15.6 Å². The Morgan fingerprint density at radius 1 is 1.32 bits per heavy atom. The predicted molar refractivity (Wildman–Crippen MR) is 70.4 cm³/mol. The normalized spacial score (nSPS) is 13.6. The van der Waals surface area contributed by atoms with Crippen molar-refractivity contribution >= 4 is 30.5 Å². The Kier molecular flexibility index (Phi) is 8.92. The Morgan fingerprint density at radius 2 is 1.89 bits per heavy atom. The molecule has 1 amide bonds. The lowest BCUT2D eigenvalue weighted by Crippen LogP contribution is -2.53. The summed E-state index contributed by atoms with van der Waals surface area (Å²) in [5.74, 6) is -2.16. The van der Waals surface area contributed by atoms with E-state index in [9.17, 15) is 14.4 Å². The van der Waals surface area contributed by atoms with Gasteiger partial charge in [0.25, 0.3) is 0 Å². The van der Waals surface area contributed by atoms with Gasteiger partial charge in [-0.3, -0.25) is 14.4 Å². The molecule has 0 radical (unpaired) electrons. The van der Waals surface area contributed by atoms with Gasteiger partial charge in [-0.05, 0) is 13.3 Å². The zero-order chi connectivity index (χ0) is 14.8. The van der Waals surface area contributed by atoms with Crippen LogP contribution < -0.4 is 16.6 Å². The molecule has 0 aliphatic carbocycles. The molecule has 0 fully saturated rings. The first-order valence-electron chi connectivity index (χ1n) is 5.72. The number of esters is 1. The van der Waals surface area contributed by atoms with Crippen molar-refractivity contribution in [2.45, 2.75) is 31.8 Å². The molecule has 0 aromatic heterocycles. The molecule has 5 N–H and O–H groups in total. The number of ether oxygens (including phenoxy) is 1. The number of rotatable bonds is 10. The molecular weight excluding hydrogens is 274 g/mol. The number of hydrogen-bond donors (Lipinski definition) is 5. The number of nitrogens with one attached hydrogen (secondary N) is 2. The van der Waals surface area contributed by atoms with E-state index in [1.54, 1.807) is 6.92 Å². The molecule has 0 spiro atoms. The molecule has 0 aliphatic heterocycles. The quantitative estimate of drug-likeness (QED) is 0.191. The Labute approximate surface area is 116 Å². The van der Waals surface area contributed by atoms with E-state index < -0.39 is 29.9 Å². The third kappa shape index (κ3) is 7.65. The van der Waals surface area contributed by atoms with Crippen LogP contribution in [0.2, 0.25) is 0 Å². The fourth-order valence-corrected chi connectivity index (χ4v) is 1.41. The zero-order valence-electron chi connectivity index (χ0n) is 10.6. The van der Waals surface area contributed by atoms with Gasteiger partial charge >= 0.3 is 11.9 Å². The summed E-state index contributed by atoms with van der Waals surface area (Å²) in [6.07, 6.45) is -0.0591. The third-order valence-corrected chi connectivity index (χ3v) is 2.53. The first kappa shape index (κ1) is 17.7. The SMILES string of the molecule is CCOC(=O)[C@H](CS)NN[C@@H](CCC(N)=O)C(=O)O. The van der Waals surface area contributed by atoms with E-state index in [0.29, 0.717) is 0 Å². The largest absolute Gasteiger partial charge is 0.480 e. The number of carboxylic acids is 1. The van der Waals surface area contributed by atoms with Crippen LogP contribution in [-0.2, 0) is 19.1 Å². The highest BCUT2D eigenvalue weighted by atomic mass is 32.1. The minimum atomic E-state index is -1.16. The lowest BCUT2D eigenvalue weighted by molar-refractivity contribution is -0.146. The molecule has 0 aromatic rings. The van der Waals surface area contributed by atoms with Crippen LogP contribution in [-0.4, -0.2) is 47.4 Å². The molecule has 19 heavy (non-hydrogen) atoms. The van der Waals surface area contributed by atoms with Crippen LogP contribution in [0.15, 0.2) is 0 Å². The second kappa shape index (κ2) is 9.59. The van der Waals surface area contributed by atoms with E-state index in [1.165, 1.54) is 0 Å². The first-order chi connectivity index (χ1) is 8.92. The topological polar surface area (TPSA) is 131 Å². The molecule has 8 nitrogen and oxygen atoms in total. The molecule has 0 aromatic carbocycles. The molecule has 0 saturated carbocycles. The van der Waals surface area contributed by atoms with E-state index in [1.807, 2.05) is 0 Å². The van der Waals surface area contributed by atoms with E-state index >= 15 is 0 Å². The molecule has 0 rings (SSSR count). The van der Waals surface area contributed by atoms with Gasteiger partial charge in [-0.1, -0.05) is 0 Å². The van der Waals surface area contributed by atoms with Gasteiger partial charge in [0.05, 0.1) is 6.61 Å². The maximum Gasteiger partial charge on any atom is 0.325 e. The smallest absolute Gasteiger partial charge is 0.325 e. The van der Waals surface area contributed by atoms with Crippen molar-refractivity contribution in [1.29, 1.82) is 0 Å². The van der Waals surface area contributed by atoms with Crippen molar-refractivity contribution in [3.8, 4) is 0 Å². The van der Waals surface area contributed by atoms with Gasteiger partial charge in [0.15, 0.2) is 0 Å². The number of hydrogen-bond acceptors (Lipinski definition) is 7. The van der Waals surface area contributed by atoms with Gasteiger partial charge in [0.2, 0.25) is 5.91 Å². The molecule has 0 saturated heterocycles. The number of nitrogens with two attached hydrogens (primary N) is 1. The molecule has 2 atom stereocenters. The highest BCUT2D eigenvalue weighted by molar-refractivity contribution is 7.80. The summed E-state index contributed by atoms with van der Waals surface area (Å²) in [5.41, 5.74) is 9.93. The van der Waals surface area contributed by atoms with Crippen LogP contribution >= 0.6 is 12.6 Å². The number of carbonyl (C=O) groups is 3. The minimum absolute atomic E-state index is 0.0137. The number of carboxylic acid groups (broad SMARTS) is 1. The van der Waals surface area contributed by atoms with Crippen LogP contribution in [0, 0.1) is 0 Å². The Bertz CT molecular complexity index is 326. The average molecular weight is 293 g/mol. The summed E-state index contributed by atoms with van der Waals surface area (Å²) in [7, 11) is 0. The number of primary amides is 1. The number of carbonyl (C=O) groups excluding carboxylic acids is 2. The van der Waals surface area contributed by atoms with Crippen molar-refractivity contribution in [3.05, 3.63) is 0 Å². The van der Waals surface area contributed by atoms with Crippen LogP contribution in [0.4, 0.5) is 0 Å². The van der Waals surface area contributed by atoms with E-state index in [2.05, 4.69) is 23.5 Å². The van der Waals surface area contributed by atoms with Crippen molar-refractivity contribution in [1.82, 2.24) is 10.9 Å². The molecule has 0 heterocycles. The molecule has 0 bridgehead atoms. The van der Waals surface area contributed by atoms with Crippen molar-refractivity contribution in [2.75, 3.05) is 12.4 Å². The second-order valence-electron chi connectivity index (χ2n) is 3.67. The maximum absolute atomic E-state index is 11.4. The maximum atomic E-state index is 11.4. The summed E-state index contributed by atoms with van der Waals surface area (Å²) in [6.45, 7) is 1.88. The van der Waals surface area contributed by atoms with Gasteiger partial charge in [-0.25, -0.2) is 10.9 Å². The highest BCUT2D eigenvalue weighted by Crippen LogP contribution is 1.98. The highest BCUT2D eigenvalue weighted by Gasteiger charge is 2.22. The predicted octanol–water partition coefficient (Wildman–Crippen LogP) is -1.34. The molecule has 0 aliphatic rings. The van der Waals surface area contributed by atoms with Crippen LogP contribution in [0.5, 0.6) is 0 Å². The van der Waals surface area contributed by atoms with E-state index in [0.717, 1.165) is 0 Å². The Balaban J connectivity index is 4.31. The summed E-state index contributed by atoms with van der Waals surface area (Å²) in [4.78, 5) is 33.0. The second-order valence-corrected chi connectivity index (χ2v) is 4.04. The molecule has 110 valence electrons. The summed E-state index contributed by atoms with van der Waals surface area (Å²) in [5, 5.41) is 8.92. The number of thiol groups is 1. The van der Waals surface area contributed by atoms with Gasteiger partial charge in [0.1, 0.15) is 12.1 Å². The Morgan fingerprint density at radius 3 is 2.32 bits per heavy atom. The number of hydrazine groups is 1. The van der Waals surface area contributed by atoms with Crippen molar-refractivity contribution < 1.29 is 24.2 Å². The van der Waals surface area contributed by atoms with Crippen LogP contribution in [0.3, 0.4) is 0 Å². The molecule has 0 unspecified atom stereocenters. The number of aliphatic carboxylic acids is 1. The summed E-state index contributed by atoms with van der Waals surface area (Å²) in [6, 6.07) is -1.82. The molecule has 9 heteroatoms. The van der Waals surface area contributed by atoms with Gasteiger partial charge in [-0.15, -0.1) is 0 Å². The van der Waals surface area contributed by atoms with Crippen molar-refractivity contribution in [3.63, 3.8) is 0 Å². The molecular formula is C10H19N3O5S. The number of amides is 1. The lowest BCUT2D eigenvalue weighted by Gasteiger charge is -2.19. The van der Waals surface area contributed by atoms with Crippen LogP contribution in [0.25, 0.3) is 0 Å². The third-order valence-electron chi connectivity index (χ3n) is 2.16. The lowest BCUT2D eigenvalue weighted by atomic mass is 10.1. The first-order valence-corrected chi connectivity index (χ1v) is 6.35. The summed E-state index contributed by atoms with van der Waals surface area (Å²) < 4.78 is 4.77. The van der Waals surface area contributed by atoms with Gasteiger partial charge in [-0.2, -0.15) is 12.6 Å². The Hall–Kier alpha value is -1.32. The standard InChI is InChI=1S/C10H19N3O5S/c1-2-18-10(17)7(5-19)13-12-6(9(15)16)3-4-8(11)14/h6-7,12-13,19H,2-5H2,1H3,(H2,11,14)(H,15,16)/t6-,7-/m0/s1. The monoisotopic (exact) mass is 293 g/mol. The van der Waals surface area contributed by atoms with Crippen LogP contribution in [0.1, 0.15) is 19.8 Å². The summed E-state index contributed by atoms with van der Waals surface area (Å²) >= 11 is 3.96. The average Bonchev–Trinajstić information content (AvgIpc) is 2.33. The van der Waals surface area contributed by atoms with E-state index in [-0.39, 0.29) is 25.2 Å².